The molecule has 0 saturated carbocycles. The average Bonchev–Trinajstić information content (AvgIpc) is 2.40. The molecule has 0 bridgehead atoms. The van der Waals surface area contributed by atoms with E-state index in [0.717, 1.165) is 24.0 Å². The molecule has 0 radical (unpaired) electrons. The third-order valence-corrected chi connectivity index (χ3v) is 3.15. The molecule has 1 N–H and O–H groups in total. The van der Waals surface area contributed by atoms with E-state index in [0.29, 0.717) is 18.6 Å². The zero-order valence-electron chi connectivity index (χ0n) is 10.6. The van der Waals surface area contributed by atoms with Gasteiger partial charge in [0, 0.05) is 0 Å². The van der Waals surface area contributed by atoms with Crippen LogP contribution in [0.3, 0.4) is 0 Å². The number of hydrogen-bond donors (Lipinski definition) is 1. The Morgan fingerprint density at radius 3 is 2.89 bits per heavy atom. The largest absolute Gasteiger partial charge is 0.462 e. The van der Waals surface area contributed by atoms with Gasteiger partial charge in [-0.1, -0.05) is 24.3 Å². The minimum absolute atomic E-state index is 0.247. The molecule has 3 heteroatoms. The van der Waals surface area contributed by atoms with E-state index in [-0.39, 0.29) is 12.1 Å². The summed E-state index contributed by atoms with van der Waals surface area (Å²) in [6.45, 7) is 2.18. The fraction of sp³-hybridized carbons (Fsp3) is 0.400. The fourth-order valence-electron chi connectivity index (χ4n) is 2.21. The first kappa shape index (κ1) is 12.8. The molecule has 18 heavy (non-hydrogen) atoms. The van der Waals surface area contributed by atoms with Gasteiger partial charge in [0.1, 0.15) is 0 Å². The third kappa shape index (κ3) is 2.79. The molecule has 1 aromatic rings. The van der Waals surface area contributed by atoms with Crippen LogP contribution in [0.5, 0.6) is 0 Å². The smallest absolute Gasteiger partial charge is 0.338 e. The first-order valence-corrected chi connectivity index (χ1v) is 6.36. The van der Waals surface area contributed by atoms with Crippen LogP contribution in [0, 0.1) is 0 Å². The lowest BCUT2D eigenvalue weighted by atomic mass is 9.89. The normalized spacial score (nSPS) is 19.2. The summed E-state index contributed by atoms with van der Waals surface area (Å²) >= 11 is 0. The van der Waals surface area contributed by atoms with Crippen LogP contribution in [0.15, 0.2) is 30.3 Å². The minimum atomic E-state index is -0.278. The van der Waals surface area contributed by atoms with E-state index in [1.54, 1.807) is 13.0 Å². The number of allylic oxidation sites excluding steroid dienone is 1. The van der Waals surface area contributed by atoms with Gasteiger partial charge >= 0.3 is 5.97 Å². The van der Waals surface area contributed by atoms with Crippen molar-refractivity contribution in [3.05, 3.63) is 41.5 Å². The van der Waals surface area contributed by atoms with Crippen LogP contribution < -0.4 is 0 Å². The average molecular weight is 246 g/mol. The van der Waals surface area contributed by atoms with Crippen LogP contribution in [0.2, 0.25) is 0 Å². The molecule has 0 amide bonds. The van der Waals surface area contributed by atoms with Gasteiger partial charge < -0.3 is 9.84 Å². The number of esters is 1. The second-order valence-corrected chi connectivity index (χ2v) is 4.42. The van der Waals surface area contributed by atoms with E-state index in [4.69, 9.17) is 4.74 Å². The Bertz CT molecular complexity index is 463. The Kier molecular flexibility index (Phi) is 4.15. The molecule has 3 nitrogen and oxygen atoms in total. The Hall–Kier alpha value is -1.61. The van der Waals surface area contributed by atoms with Crippen molar-refractivity contribution in [3.8, 4) is 0 Å². The Labute approximate surface area is 107 Å². The number of aliphatic hydroxyl groups excluding tert-OH is 1. The van der Waals surface area contributed by atoms with E-state index in [1.165, 1.54) is 0 Å². The molecule has 2 rings (SSSR count). The summed E-state index contributed by atoms with van der Waals surface area (Å²) in [5, 5.41) is 9.50. The quantitative estimate of drug-likeness (QED) is 0.834. The third-order valence-electron chi connectivity index (χ3n) is 3.15. The standard InChI is InChI=1S/C15H18O3/c1-2-18-15(17)14-6-4-3-5-13(14)11-7-9-12(16)10-8-11/h3-7,12,16H,2,8-10H2,1H3. The molecule has 0 aromatic heterocycles. The van der Waals surface area contributed by atoms with Gasteiger partial charge in [-0.3, -0.25) is 0 Å². The molecule has 1 unspecified atom stereocenters. The van der Waals surface area contributed by atoms with E-state index < -0.39 is 0 Å². The first-order valence-electron chi connectivity index (χ1n) is 6.36. The predicted octanol–water partition coefficient (Wildman–Crippen LogP) is 2.79. The van der Waals surface area contributed by atoms with Crippen LogP contribution in [0.4, 0.5) is 0 Å². The van der Waals surface area contributed by atoms with Gasteiger partial charge in [0.2, 0.25) is 0 Å². The molecule has 0 saturated heterocycles. The van der Waals surface area contributed by atoms with Crippen molar-refractivity contribution in [2.24, 2.45) is 0 Å². The van der Waals surface area contributed by atoms with E-state index in [1.807, 2.05) is 24.3 Å². The maximum absolute atomic E-state index is 11.9. The summed E-state index contributed by atoms with van der Waals surface area (Å²) in [6, 6.07) is 7.49. The van der Waals surface area contributed by atoms with Gasteiger partial charge in [-0.15, -0.1) is 0 Å². The highest BCUT2D eigenvalue weighted by Crippen LogP contribution is 2.29. The second kappa shape index (κ2) is 5.83. The maximum atomic E-state index is 11.9. The topological polar surface area (TPSA) is 46.5 Å². The molecular weight excluding hydrogens is 228 g/mol. The monoisotopic (exact) mass is 246 g/mol. The summed E-state index contributed by atoms with van der Waals surface area (Å²) in [7, 11) is 0. The van der Waals surface area contributed by atoms with E-state index in [2.05, 4.69) is 0 Å². The number of benzene rings is 1. The van der Waals surface area contributed by atoms with Gasteiger partial charge in [0.25, 0.3) is 0 Å². The number of rotatable bonds is 3. The Morgan fingerprint density at radius 1 is 1.44 bits per heavy atom. The molecule has 1 atom stereocenters. The van der Waals surface area contributed by atoms with Crippen LogP contribution in [0.25, 0.3) is 5.57 Å². The number of carbonyl (C=O) groups is 1. The van der Waals surface area contributed by atoms with Crippen molar-refractivity contribution in [2.45, 2.75) is 32.3 Å². The summed E-state index contributed by atoms with van der Waals surface area (Å²) in [5.41, 5.74) is 2.67. The number of carbonyl (C=O) groups excluding carboxylic acids is 1. The van der Waals surface area contributed by atoms with Crippen molar-refractivity contribution in [2.75, 3.05) is 6.61 Å². The van der Waals surface area contributed by atoms with Gasteiger partial charge in [0.05, 0.1) is 18.3 Å². The molecule has 96 valence electrons. The molecule has 0 spiro atoms. The van der Waals surface area contributed by atoms with Crippen LogP contribution in [0.1, 0.15) is 42.1 Å². The zero-order chi connectivity index (χ0) is 13.0. The summed E-state index contributed by atoms with van der Waals surface area (Å²) < 4.78 is 5.06. The minimum Gasteiger partial charge on any atom is -0.462 e. The van der Waals surface area contributed by atoms with Gasteiger partial charge in [-0.05, 0) is 43.4 Å². The fourth-order valence-corrected chi connectivity index (χ4v) is 2.21. The SMILES string of the molecule is CCOC(=O)c1ccccc1C1=CCC(O)CC1. The molecule has 1 aromatic carbocycles. The Morgan fingerprint density at radius 2 is 2.22 bits per heavy atom. The molecule has 1 aliphatic carbocycles. The Balaban J connectivity index is 2.30. The van der Waals surface area contributed by atoms with Crippen molar-refractivity contribution in [3.63, 3.8) is 0 Å². The van der Waals surface area contributed by atoms with Crippen molar-refractivity contribution in [1.82, 2.24) is 0 Å². The summed E-state index contributed by atoms with van der Waals surface area (Å²) in [4.78, 5) is 11.9. The summed E-state index contributed by atoms with van der Waals surface area (Å²) in [5.74, 6) is -0.278. The second-order valence-electron chi connectivity index (χ2n) is 4.42. The highest BCUT2D eigenvalue weighted by Gasteiger charge is 2.18. The first-order chi connectivity index (χ1) is 8.72. The van der Waals surface area contributed by atoms with Gasteiger partial charge in [-0.2, -0.15) is 0 Å². The lowest BCUT2D eigenvalue weighted by Crippen LogP contribution is -2.12. The molecule has 0 fully saturated rings. The molecule has 0 heterocycles. The van der Waals surface area contributed by atoms with Gasteiger partial charge in [-0.25, -0.2) is 4.79 Å². The van der Waals surface area contributed by atoms with E-state index in [9.17, 15) is 9.90 Å². The van der Waals surface area contributed by atoms with E-state index >= 15 is 0 Å². The number of ether oxygens (including phenoxy) is 1. The van der Waals surface area contributed by atoms with Crippen molar-refractivity contribution >= 4 is 11.5 Å². The van der Waals surface area contributed by atoms with Crippen molar-refractivity contribution in [1.29, 1.82) is 0 Å². The van der Waals surface area contributed by atoms with Gasteiger partial charge in [0.15, 0.2) is 0 Å². The van der Waals surface area contributed by atoms with Crippen molar-refractivity contribution < 1.29 is 14.6 Å². The van der Waals surface area contributed by atoms with Crippen LogP contribution >= 0.6 is 0 Å². The molecule has 1 aliphatic rings. The van der Waals surface area contributed by atoms with Crippen LogP contribution in [-0.4, -0.2) is 23.8 Å². The van der Waals surface area contributed by atoms with Crippen LogP contribution in [-0.2, 0) is 4.74 Å². The molecular formula is C15H18O3. The summed E-state index contributed by atoms with van der Waals surface area (Å²) in [6.07, 6.45) is 3.99. The predicted molar refractivity (Wildman–Crippen MR) is 70.2 cm³/mol. The lowest BCUT2D eigenvalue weighted by molar-refractivity contribution is 0.0526. The highest BCUT2D eigenvalue weighted by atomic mass is 16.5. The zero-order valence-corrected chi connectivity index (χ0v) is 10.6. The molecule has 0 aliphatic heterocycles. The lowest BCUT2D eigenvalue weighted by Gasteiger charge is -2.19. The highest BCUT2D eigenvalue weighted by molar-refractivity contribution is 5.95. The number of hydrogen-bond acceptors (Lipinski definition) is 3. The number of aliphatic hydroxyl groups is 1. The maximum Gasteiger partial charge on any atom is 0.338 e.